The van der Waals surface area contributed by atoms with Gasteiger partial charge in [0, 0.05) is 6.20 Å². The summed E-state index contributed by atoms with van der Waals surface area (Å²) in [6.07, 6.45) is 1.39. The first-order valence-corrected chi connectivity index (χ1v) is 5.71. The average Bonchev–Trinajstić information content (AvgIpc) is 2.46. The number of nitrogens with zero attached hydrogens (tertiary/aromatic N) is 3. The van der Waals surface area contributed by atoms with Gasteiger partial charge >= 0.3 is 0 Å². The highest BCUT2D eigenvalue weighted by Gasteiger charge is 2.14. The summed E-state index contributed by atoms with van der Waals surface area (Å²) in [5.41, 5.74) is 1.58. The van der Waals surface area contributed by atoms with E-state index in [9.17, 15) is 4.39 Å². The molecular formula is C10H8BrClFN3. The molecule has 0 amide bonds. The molecule has 2 rings (SSSR count). The van der Waals surface area contributed by atoms with Gasteiger partial charge in [0.25, 0.3) is 0 Å². The summed E-state index contributed by atoms with van der Waals surface area (Å²) in [6.45, 7) is 3.67. The SMILES string of the molecule is Cc1nn(-c2ncc(Cl)cc2F)c(C)c1Br. The average molecular weight is 305 g/mol. The van der Waals surface area contributed by atoms with Crippen molar-refractivity contribution in [2.24, 2.45) is 0 Å². The van der Waals surface area contributed by atoms with Gasteiger partial charge in [-0.15, -0.1) is 0 Å². The van der Waals surface area contributed by atoms with Gasteiger partial charge < -0.3 is 0 Å². The van der Waals surface area contributed by atoms with Crippen molar-refractivity contribution in [2.75, 3.05) is 0 Å². The highest BCUT2D eigenvalue weighted by Crippen LogP contribution is 2.23. The van der Waals surface area contributed by atoms with Gasteiger partial charge in [0.15, 0.2) is 11.6 Å². The van der Waals surface area contributed by atoms with Crippen LogP contribution in [-0.2, 0) is 0 Å². The molecule has 16 heavy (non-hydrogen) atoms. The van der Waals surface area contributed by atoms with Crippen molar-refractivity contribution in [1.29, 1.82) is 0 Å². The van der Waals surface area contributed by atoms with E-state index >= 15 is 0 Å². The molecule has 2 aromatic rings. The van der Waals surface area contributed by atoms with E-state index in [1.807, 2.05) is 13.8 Å². The number of pyridine rings is 1. The first kappa shape index (κ1) is 11.5. The molecule has 2 aromatic heterocycles. The van der Waals surface area contributed by atoms with Crippen LogP contribution in [0, 0.1) is 19.7 Å². The first-order chi connectivity index (χ1) is 7.50. The van der Waals surface area contributed by atoms with Gasteiger partial charge in [-0.3, -0.25) is 0 Å². The van der Waals surface area contributed by atoms with Crippen LogP contribution in [0.15, 0.2) is 16.7 Å². The molecule has 84 valence electrons. The van der Waals surface area contributed by atoms with E-state index in [1.165, 1.54) is 16.9 Å². The highest BCUT2D eigenvalue weighted by molar-refractivity contribution is 9.10. The van der Waals surface area contributed by atoms with Crippen molar-refractivity contribution >= 4 is 27.5 Å². The van der Waals surface area contributed by atoms with Crippen LogP contribution in [0.4, 0.5) is 4.39 Å². The Labute approximate surface area is 105 Å². The summed E-state index contributed by atoms with van der Waals surface area (Å²) in [5.74, 6) is -0.346. The van der Waals surface area contributed by atoms with Crippen LogP contribution in [0.3, 0.4) is 0 Å². The van der Waals surface area contributed by atoms with E-state index in [4.69, 9.17) is 11.6 Å². The van der Waals surface area contributed by atoms with Gasteiger partial charge in [-0.2, -0.15) is 5.10 Å². The maximum absolute atomic E-state index is 13.6. The zero-order chi connectivity index (χ0) is 11.9. The maximum atomic E-state index is 13.6. The van der Waals surface area contributed by atoms with Crippen LogP contribution in [0.2, 0.25) is 5.02 Å². The fourth-order valence-electron chi connectivity index (χ4n) is 1.39. The Morgan fingerprint density at radius 2 is 2.12 bits per heavy atom. The molecule has 0 fully saturated rings. The number of aryl methyl sites for hydroxylation is 1. The fraction of sp³-hybridized carbons (Fsp3) is 0.200. The van der Waals surface area contributed by atoms with Gasteiger partial charge in [0.1, 0.15) is 0 Å². The molecule has 0 aliphatic carbocycles. The minimum atomic E-state index is -0.495. The molecule has 3 nitrogen and oxygen atoms in total. The predicted octanol–water partition coefficient (Wildman–Crippen LogP) is 3.44. The molecule has 6 heteroatoms. The summed E-state index contributed by atoms with van der Waals surface area (Å²) in [6, 6.07) is 1.22. The summed E-state index contributed by atoms with van der Waals surface area (Å²) >= 11 is 9.02. The van der Waals surface area contributed by atoms with E-state index in [0.717, 1.165) is 15.9 Å². The van der Waals surface area contributed by atoms with Crippen LogP contribution in [0.25, 0.3) is 5.82 Å². The Morgan fingerprint density at radius 3 is 2.62 bits per heavy atom. The van der Waals surface area contributed by atoms with Crippen LogP contribution in [0.5, 0.6) is 0 Å². The molecule has 0 N–H and O–H groups in total. The summed E-state index contributed by atoms with van der Waals surface area (Å²) in [5, 5.41) is 4.46. The number of halogens is 3. The van der Waals surface area contributed by atoms with Crippen molar-refractivity contribution in [3.05, 3.63) is 39.0 Å². The van der Waals surface area contributed by atoms with E-state index in [2.05, 4.69) is 26.0 Å². The van der Waals surface area contributed by atoms with Crippen LogP contribution in [0.1, 0.15) is 11.4 Å². The second-order valence-corrected chi connectivity index (χ2v) is 4.59. The second-order valence-electron chi connectivity index (χ2n) is 3.36. The minimum Gasteiger partial charge on any atom is -0.233 e. The number of hydrogen-bond donors (Lipinski definition) is 0. The molecule has 0 aliphatic rings. The molecule has 0 radical (unpaired) electrons. The molecular weight excluding hydrogens is 296 g/mol. The van der Waals surface area contributed by atoms with Crippen molar-refractivity contribution < 1.29 is 4.39 Å². The number of hydrogen-bond acceptors (Lipinski definition) is 2. The molecule has 0 aliphatic heterocycles. The lowest BCUT2D eigenvalue weighted by molar-refractivity contribution is 0.597. The molecule has 0 saturated heterocycles. The number of aromatic nitrogens is 3. The third-order valence-corrected chi connectivity index (χ3v) is 3.55. The Morgan fingerprint density at radius 1 is 1.44 bits per heavy atom. The molecule has 0 unspecified atom stereocenters. The maximum Gasteiger partial charge on any atom is 0.190 e. The molecule has 0 atom stereocenters. The summed E-state index contributed by atoms with van der Waals surface area (Å²) < 4.78 is 15.9. The third-order valence-electron chi connectivity index (χ3n) is 2.19. The zero-order valence-electron chi connectivity index (χ0n) is 8.63. The third kappa shape index (κ3) is 1.85. The largest absolute Gasteiger partial charge is 0.233 e. The summed E-state index contributed by atoms with van der Waals surface area (Å²) in [7, 11) is 0. The van der Waals surface area contributed by atoms with Crippen LogP contribution in [-0.4, -0.2) is 14.8 Å². The fourth-order valence-corrected chi connectivity index (χ4v) is 1.78. The number of rotatable bonds is 1. The Bertz CT molecular complexity index is 553. The lowest BCUT2D eigenvalue weighted by Gasteiger charge is -2.04. The standard InChI is InChI=1S/C10H8BrClFN3/c1-5-9(11)6(2)16(15-5)10-8(13)3-7(12)4-14-10/h3-4H,1-2H3. The topological polar surface area (TPSA) is 30.7 Å². The molecule has 2 heterocycles. The lowest BCUT2D eigenvalue weighted by Crippen LogP contribution is -2.04. The Hall–Kier alpha value is -0.940. The molecule has 0 bridgehead atoms. The van der Waals surface area contributed by atoms with Crippen LogP contribution < -0.4 is 0 Å². The van der Waals surface area contributed by atoms with Crippen molar-refractivity contribution in [1.82, 2.24) is 14.8 Å². The van der Waals surface area contributed by atoms with Gasteiger partial charge in [0.2, 0.25) is 0 Å². The normalized spacial score (nSPS) is 10.8. The minimum absolute atomic E-state index is 0.149. The van der Waals surface area contributed by atoms with Crippen molar-refractivity contribution in [3.8, 4) is 5.82 Å². The van der Waals surface area contributed by atoms with Gasteiger partial charge in [-0.1, -0.05) is 11.6 Å². The van der Waals surface area contributed by atoms with Gasteiger partial charge in [-0.25, -0.2) is 14.1 Å². The quantitative estimate of drug-likeness (QED) is 0.808. The Kier molecular flexibility index (Phi) is 2.99. The van der Waals surface area contributed by atoms with Gasteiger partial charge in [0.05, 0.1) is 20.9 Å². The molecule has 0 aromatic carbocycles. The van der Waals surface area contributed by atoms with E-state index in [-0.39, 0.29) is 10.8 Å². The lowest BCUT2D eigenvalue weighted by atomic mass is 10.4. The van der Waals surface area contributed by atoms with Gasteiger partial charge in [-0.05, 0) is 35.8 Å². The summed E-state index contributed by atoms with van der Waals surface area (Å²) in [4.78, 5) is 3.94. The van der Waals surface area contributed by atoms with E-state index in [0.29, 0.717) is 0 Å². The molecule has 0 saturated carbocycles. The first-order valence-electron chi connectivity index (χ1n) is 4.54. The Balaban J connectivity index is 2.63. The van der Waals surface area contributed by atoms with Crippen molar-refractivity contribution in [3.63, 3.8) is 0 Å². The predicted molar refractivity (Wildman–Crippen MR) is 63.5 cm³/mol. The van der Waals surface area contributed by atoms with Crippen molar-refractivity contribution in [2.45, 2.75) is 13.8 Å². The molecule has 0 spiro atoms. The van der Waals surface area contributed by atoms with E-state index in [1.54, 1.807) is 0 Å². The zero-order valence-corrected chi connectivity index (χ0v) is 11.0. The smallest absolute Gasteiger partial charge is 0.190 e. The second kappa shape index (κ2) is 4.14. The van der Waals surface area contributed by atoms with Crippen LogP contribution >= 0.6 is 27.5 Å². The highest BCUT2D eigenvalue weighted by atomic mass is 79.9. The monoisotopic (exact) mass is 303 g/mol. The van der Waals surface area contributed by atoms with E-state index < -0.39 is 5.82 Å².